The van der Waals surface area contributed by atoms with Gasteiger partial charge in [-0.2, -0.15) is 0 Å². The highest BCUT2D eigenvalue weighted by atomic mass is 16.5. The quantitative estimate of drug-likeness (QED) is 0.664. The second kappa shape index (κ2) is 7.80. The van der Waals surface area contributed by atoms with Crippen molar-refractivity contribution in [3.63, 3.8) is 0 Å². The average Bonchev–Trinajstić information content (AvgIpc) is 3.24. The van der Waals surface area contributed by atoms with Crippen molar-refractivity contribution in [3.8, 4) is 23.1 Å². The topological polar surface area (TPSA) is 60.6 Å². The number of aromatic nitrogens is 2. The maximum absolute atomic E-state index is 5.84. The summed E-state index contributed by atoms with van der Waals surface area (Å²) in [5.74, 6) is 2.97. The summed E-state index contributed by atoms with van der Waals surface area (Å²) < 4.78 is 16.7. The first-order valence-corrected chi connectivity index (χ1v) is 9.18. The number of ether oxygens (including phenoxy) is 2. The van der Waals surface area contributed by atoms with Gasteiger partial charge < -0.3 is 13.9 Å². The third kappa shape index (κ3) is 3.66. The van der Waals surface area contributed by atoms with Crippen LogP contribution in [0.1, 0.15) is 23.7 Å². The van der Waals surface area contributed by atoms with Crippen LogP contribution in [0, 0.1) is 0 Å². The minimum Gasteiger partial charge on any atom is -0.493 e. The fourth-order valence-electron chi connectivity index (χ4n) is 3.43. The van der Waals surface area contributed by atoms with Gasteiger partial charge in [0.2, 0.25) is 0 Å². The van der Waals surface area contributed by atoms with Gasteiger partial charge in [0.05, 0.1) is 25.7 Å². The maximum atomic E-state index is 5.84. The lowest BCUT2D eigenvalue weighted by Crippen LogP contribution is -2.31. The molecule has 1 aliphatic heterocycles. The molecule has 0 unspecified atom stereocenters. The molecule has 0 fully saturated rings. The van der Waals surface area contributed by atoms with Gasteiger partial charge in [0, 0.05) is 43.4 Å². The molecule has 1 aromatic carbocycles. The van der Waals surface area contributed by atoms with Gasteiger partial charge in [0.25, 0.3) is 0 Å². The van der Waals surface area contributed by atoms with Gasteiger partial charge in [0.15, 0.2) is 23.1 Å². The van der Waals surface area contributed by atoms with E-state index < -0.39 is 0 Å². The van der Waals surface area contributed by atoms with Crippen molar-refractivity contribution in [3.05, 3.63) is 59.6 Å². The SMILES string of the molecule is CCOc1c(CN2CCc3nc(-c4ccco4)ncc3C2)cccc1OC. The molecule has 6 nitrogen and oxygen atoms in total. The van der Waals surface area contributed by atoms with Crippen LogP contribution in [0.4, 0.5) is 0 Å². The summed E-state index contributed by atoms with van der Waals surface area (Å²) in [7, 11) is 1.67. The van der Waals surface area contributed by atoms with Gasteiger partial charge in [-0.3, -0.25) is 4.90 Å². The molecule has 140 valence electrons. The van der Waals surface area contributed by atoms with Crippen LogP contribution in [0.25, 0.3) is 11.6 Å². The fraction of sp³-hybridized carbons (Fsp3) is 0.333. The number of hydrogen-bond acceptors (Lipinski definition) is 6. The lowest BCUT2D eigenvalue weighted by Gasteiger charge is -2.28. The molecule has 6 heteroatoms. The highest BCUT2D eigenvalue weighted by Crippen LogP contribution is 2.33. The van der Waals surface area contributed by atoms with Crippen molar-refractivity contribution in [2.24, 2.45) is 0 Å². The van der Waals surface area contributed by atoms with Crippen LogP contribution in [0.3, 0.4) is 0 Å². The third-order valence-corrected chi connectivity index (χ3v) is 4.72. The van der Waals surface area contributed by atoms with Crippen LogP contribution in [0.15, 0.2) is 47.2 Å². The first-order chi connectivity index (χ1) is 13.3. The molecule has 0 aliphatic carbocycles. The van der Waals surface area contributed by atoms with E-state index in [1.807, 2.05) is 37.4 Å². The monoisotopic (exact) mass is 365 g/mol. The number of hydrogen-bond donors (Lipinski definition) is 0. The molecule has 3 aromatic rings. The number of fused-ring (bicyclic) bond motifs is 1. The molecule has 0 bridgehead atoms. The van der Waals surface area contributed by atoms with E-state index >= 15 is 0 Å². The molecule has 0 radical (unpaired) electrons. The minimum absolute atomic E-state index is 0.611. The van der Waals surface area contributed by atoms with Crippen LogP contribution >= 0.6 is 0 Å². The molecule has 0 spiro atoms. The Morgan fingerprint density at radius 3 is 2.93 bits per heavy atom. The fourth-order valence-corrected chi connectivity index (χ4v) is 3.43. The molecule has 0 atom stereocenters. The first-order valence-electron chi connectivity index (χ1n) is 9.18. The van der Waals surface area contributed by atoms with E-state index in [0.717, 1.165) is 54.4 Å². The summed E-state index contributed by atoms with van der Waals surface area (Å²) in [6.45, 7) is 5.15. The van der Waals surface area contributed by atoms with E-state index in [-0.39, 0.29) is 0 Å². The zero-order valence-corrected chi connectivity index (χ0v) is 15.6. The predicted octanol–water partition coefficient (Wildman–Crippen LogP) is 3.70. The molecule has 4 rings (SSSR count). The Bertz CT molecular complexity index is 909. The normalized spacial score (nSPS) is 14.0. The zero-order chi connectivity index (χ0) is 18.6. The maximum Gasteiger partial charge on any atom is 0.195 e. The molecule has 27 heavy (non-hydrogen) atoms. The molecule has 0 amide bonds. The number of rotatable bonds is 6. The Hall–Kier alpha value is -2.86. The molecule has 0 saturated heterocycles. The molecular formula is C21H23N3O3. The second-order valence-corrected chi connectivity index (χ2v) is 6.49. The van der Waals surface area contributed by atoms with Gasteiger partial charge in [-0.25, -0.2) is 9.97 Å². The standard InChI is InChI=1S/C21H23N3O3/c1-3-26-20-15(6-4-7-18(20)25-2)13-24-10-9-17-16(14-24)12-22-21(23-17)19-8-5-11-27-19/h4-8,11-12H,3,9-10,13-14H2,1-2H3. The van der Waals surface area contributed by atoms with Crippen LogP contribution in [0.5, 0.6) is 11.5 Å². The van der Waals surface area contributed by atoms with Crippen molar-refractivity contribution < 1.29 is 13.9 Å². The molecule has 1 aliphatic rings. The smallest absolute Gasteiger partial charge is 0.195 e. The van der Waals surface area contributed by atoms with Crippen molar-refractivity contribution in [1.29, 1.82) is 0 Å². The zero-order valence-electron chi connectivity index (χ0n) is 15.6. The number of methoxy groups -OCH3 is 1. The second-order valence-electron chi connectivity index (χ2n) is 6.49. The highest BCUT2D eigenvalue weighted by Gasteiger charge is 2.21. The molecule has 2 aromatic heterocycles. The van der Waals surface area contributed by atoms with E-state index in [1.165, 1.54) is 0 Å². The van der Waals surface area contributed by atoms with Crippen LogP contribution in [-0.2, 0) is 19.5 Å². The van der Waals surface area contributed by atoms with E-state index in [0.29, 0.717) is 18.2 Å². The molecule has 0 saturated carbocycles. The Labute approximate surface area is 158 Å². The van der Waals surface area contributed by atoms with E-state index in [9.17, 15) is 0 Å². The number of para-hydroxylation sites is 1. The molecule has 0 N–H and O–H groups in total. The first kappa shape index (κ1) is 17.5. The predicted molar refractivity (Wildman–Crippen MR) is 102 cm³/mol. The summed E-state index contributed by atoms with van der Waals surface area (Å²) >= 11 is 0. The Balaban J connectivity index is 1.52. The summed E-state index contributed by atoms with van der Waals surface area (Å²) in [6, 6.07) is 9.77. The molecular weight excluding hydrogens is 342 g/mol. The Morgan fingerprint density at radius 2 is 2.15 bits per heavy atom. The van der Waals surface area contributed by atoms with Gasteiger partial charge in [-0.05, 0) is 25.1 Å². The Kier molecular flexibility index (Phi) is 5.07. The third-order valence-electron chi connectivity index (χ3n) is 4.72. The average molecular weight is 365 g/mol. The number of furan rings is 1. The summed E-state index contributed by atoms with van der Waals surface area (Å²) in [4.78, 5) is 11.6. The van der Waals surface area contributed by atoms with Crippen LogP contribution < -0.4 is 9.47 Å². The lowest BCUT2D eigenvalue weighted by atomic mass is 10.1. The van der Waals surface area contributed by atoms with Gasteiger partial charge in [0.1, 0.15) is 0 Å². The van der Waals surface area contributed by atoms with Crippen LogP contribution in [0.2, 0.25) is 0 Å². The van der Waals surface area contributed by atoms with Crippen molar-refractivity contribution in [2.75, 3.05) is 20.3 Å². The largest absolute Gasteiger partial charge is 0.493 e. The van der Waals surface area contributed by atoms with E-state index in [4.69, 9.17) is 18.9 Å². The van der Waals surface area contributed by atoms with Crippen molar-refractivity contribution in [2.45, 2.75) is 26.4 Å². The van der Waals surface area contributed by atoms with E-state index in [1.54, 1.807) is 13.4 Å². The summed E-state index contributed by atoms with van der Waals surface area (Å²) in [6.07, 6.45) is 4.45. The van der Waals surface area contributed by atoms with E-state index in [2.05, 4.69) is 16.0 Å². The highest BCUT2D eigenvalue weighted by molar-refractivity contribution is 5.48. The Morgan fingerprint density at radius 1 is 1.22 bits per heavy atom. The van der Waals surface area contributed by atoms with Crippen LogP contribution in [-0.4, -0.2) is 35.1 Å². The summed E-state index contributed by atoms with van der Waals surface area (Å²) in [5, 5.41) is 0. The van der Waals surface area contributed by atoms with Crippen molar-refractivity contribution >= 4 is 0 Å². The van der Waals surface area contributed by atoms with Gasteiger partial charge in [-0.15, -0.1) is 0 Å². The number of benzene rings is 1. The lowest BCUT2D eigenvalue weighted by molar-refractivity contribution is 0.234. The molecule has 3 heterocycles. The van der Waals surface area contributed by atoms with Gasteiger partial charge in [-0.1, -0.05) is 12.1 Å². The minimum atomic E-state index is 0.611. The summed E-state index contributed by atoms with van der Waals surface area (Å²) in [5.41, 5.74) is 3.40. The van der Waals surface area contributed by atoms with Gasteiger partial charge >= 0.3 is 0 Å². The number of nitrogens with zero attached hydrogens (tertiary/aromatic N) is 3. The van der Waals surface area contributed by atoms with Crippen molar-refractivity contribution in [1.82, 2.24) is 14.9 Å².